The monoisotopic (exact) mass is 332 g/mol. The third-order valence-corrected chi connectivity index (χ3v) is 3.96. The van der Waals surface area contributed by atoms with Crippen LogP contribution in [0.15, 0.2) is 21.9 Å². The number of nitrogens with one attached hydrogen (secondary N) is 2. The summed E-state index contributed by atoms with van der Waals surface area (Å²) < 4.78 is 7.23. The molecule has 0 saturated carbocycles. The van der Waals surface area contributed by atoms with Gasteiger partial charge in [0.25, 0.3) is 0 Å². The number of aliphatic imine (C=N–C) groups is 1. The van der Waals surface area contributed by atoms with E-state index >= 15 is 0 Å². The summed E-state index contributed by atoms with van der Waals surface area (Å²) in [5.74, 6) is 1.75. The first-order valence-corrected chi connectivity index (χ1v) is 8.56. The summed E-state index contributed by atoms with van der Waals surface area (Å²) in [5.41, 5.74) is 3.43. The molecule has 0 bridgehead atoms. The lowest BCUT2D eigenvalue weighted by Crippen LogP contribution is -2.37. The first-order valence-electron chi connectivity index (χ1n) is 8.56. The van der Waals surface area contributed by atoms with Gasteiger partial charge >= 0.3 is 0 Å². The number of guanidine groups is 1. The molecule has 2 aromatic rings. The van der Waals surface area contributed by atoms with E-state index in [1.54, 1.807) is 7.05 Å². The van der Waals surface area contributed by atoms with Crippen molar-refractivity contribution in [1.82, 2.24) is 25.6 Å². The number of rotatable bonds is 8. The average molecular weight is 332 g/mol. The van der Waals surface area contributed by atoms with E-state index in [4.69, 9.17) is 4.52 Å². The molecule has 24 heavy (non-hydrogen) atoms. The van der Waals surface area contributed by atoms with Gasteiger partial charge in [0.05, 0.1) is 11.9 Å². The third-order valence-electron chi connectivity index (χ3n) is 3.96. The smallest absolute Gasteiger partial charge is 0.191 e. The molecule has 0 aliphatic rings. The maximum Gasteiger partial charge on any atom is 0.191 e. The van der Waals surface area contributed by atoms with Crippen LogP contribution in [-0.2, 0) is 32.9 Å². The molecule has 0 unspecified atom stereocenters. The van der Waals surface area contributed by atoms with E-state index in [1.165, 1.54) is 5.56 Å². The van der Waals surface area contributed by atoms with Gasteiger partial charge in [-0.05, 0) is 24.8 Å². The van der Waals surface area contributed by atoms with E-state index < -0.39 is 0 Å². The number of aromatic nitrogens is 3. The summed E-state index contributed by atoms with van der Waals surface area (Å²) in [6.07, 6.45) is 7.72. The Hall–Kier alpha value is -2.31. The van der Waals surface area contributed by atoms with Crippen LogP contribution in [0.25, 0.3) is 0 Å². The molecule has 0 amide bonds. The van der Waals surface area contributed by atoms with Crippen molar-refractivity contribution in [3.8, 4) is 0 Å². The summed E-state index contributed by atoms with van der Waals surface area (Å²) >= 11 is 0. The number of nitrogens with zero attached hydrogens (tertiary/aromatic N) is 4. The fourth-order valence-corrected chi connectivity index (χ4v) is 2.63. The summed E-state index contributed by atoms with van der Waals surface area (Å²) in [6.45, 7) is 5.71. The van der Waals surface area contributed by atoms with E-state index in [-0.39, 0.29) is 0 Å². The predicted molar refractivity (Wildman–Crippen MR) is 95.0 cm³/mol. The summed E-state index contributed by atoms with van der Waals surface area (Å²) in [5, 5.41) is 15.0. The highest BCUT2D eigenvalue weighted by Gasteiger charge is 2.13. The fourth-order valence-electron chi connectivity index (χ4n) is 2.63. The highest BCUT2D eigenvalue weighted by molar-refractivity contribution is 5.79. The van der Waals surface area contributed by atoms with Gasteiger partial charge in [0, 0.05) is 45.4 Å². The highest BCUT2D eigenvalue weighted by atomic mass is 16.5. The zero-order valence-electron chi connectivity index (χ0n) is 15.1. The predicted octanol–water partition coefficient (Wildman–Crippen LogP) is 1.83. The second kappa shape index (κ2) is 9.10. The first-order chi connectivity index (χ1) is 11.7. The van der Waals surface area contributed by atoms with Crippen molar-refractivity contribution in [2.75, 3.05) is 13.6 Å². The van der Waals surface area contributed by atoms with Crippen molar-refractivity contribution in [3.05, 3.63) is 35.0 Å². The Labute approximate surface area is 143 Å². The van der Waals surface area contributed by atoms with E-state index in [2.05, 4.69) is 45.9 Å². The van der Waals surface area contributed by atoms with Crippen LogP contribution in [0, 0.1) is 0 Å². The number of hydrogen-bond acceptors (Lipinski definition) is 4. The molecule has 7 nitrogen and oxygen atoms in total. The van der Waals surface area contributed by atoms with Crippen LogP contribution in [0.3, 0.4) is 0 Å². The van der Waals surface area contributed by atoms with Gasteiger partial charge in [-0.25, -0.2) is 0 Å². The average Bonchev–Trinajstić information content (AvgIpc) is 3.19. The third kappa shape index (κ3) is 4.84. The lowest BCUT2D eigenvalue weighted by molar-refractivity contribution is 0.380. The molecule has 0 aliphatic carbocycles. The van der Waals surface area contributed by atoms with E-state index in [0.29, 0.717) is 6.54 Å². The van der Waals surface area contributed by atoms with Crippen molar-refractivity contribution in [3.63, 3.8) is 0 Å². The molecule has 0 spiro atoms. The van der Waals surface area contributed by atoms with Crippen LogP contribution in [-0.4, -0.2) is 34.5 Å². The fraction of sp³-hybridized carbons (Fsp3) is 0.588. The van der Waals surface area contributed by atoms with Crippen LogP contribution >= 0.6 is 0 Å². The second-order valence-electron chi connectivity index (χ2n) is 5.72. The zero-order chi connectivity index (χ0) is 17.4. The van der Waals surface area contributed by atoms with Crippen LogP contribution in [0.4, 0.5) is 0 Å². The maximum absolute atomic E-state index is 5.39. The molecule has 0 saturated heterocycles. The van der Waals surface area contributed by atoms with Crippen LogP contribution in [0.5, 0.6) is 0 Å². The lowest BCUT2D eigenvalue weighted by Gasteiger charge is -2.12. The molecule has 2 aromatic heterocycles. The van der Waals surface area contributed by atoms with Crippen LogP contribution in [0.2, 0.25) is 0 Å². The second-order valence-corrected chi connectivity index (χ2v) is 5.72. The lowest BCUT2D eigenvalue weighted by atomic mass is 10.1. The van der Waals surface area contributed by atoms with Gasteiger partial charge < -0.3 is 15.2 Å². The van der Waals surface area contributed by atoms with E-state index in [0.717, 1.165) is 55.2 Å². The van der Waals surface area contributed by atoms with Gasteiger partial charge in [-0.2, -0.15) is 5.10 Å². The standard InChI is InChI=1S/C17H28N6O/c1-5-15-14(16(6-2)24-22-15)11-20-17(18-3)19-9-7-8-13-10-21-23(4)12-13/h10,12H,5-9,11H2,1-4H3,(H2,18,19,20). The maximum atomic E-state index is 5.39. The van der Waals surface area contributed by atoms with Gasteiger partial charge in [0.15, 0.2) is 5.96 Å². The molecule has 2 rings (SSSR count). The minimum absolute atomic E-state index is 0.679. The van der Waals surface area contributed by atoms with Gasteiger partial charge in [-0.1, -0.05) is 19.0 Å². The summed E-state index contributed by atoms with van der Waals surface area (Å²) in [6, 6.07) is 0. The summed E-state index contributed by atoms with van der Waals surface area (Å²) in [7, 11) is 3.72. The van der Waals surface area contributed by atoms with Crippen molar-refractivity contribution >= 4 is 5.96 Å². The highest BCUT2D eigenvalue weighted by Crippen LogP contribution is 2.15. The van der Waals surface area contributed by atoms with Crippen molar-refractivity contribution in [1.29, 1.82) is 0 Å². The number of aryl methyl sites for hydroxylation is 4. The number of hydrogen-bond donors (Lipinski definition) is 2. The van der Waals surface area contributed by atoms with Crippen molar-refractivity contribution in [2.45, 2.75) is 46.1 Å². The molecule has 0 aliphatic heterocycles. The Bertz CT molecular complexity index is 636. The molecule has 0 radical (unpaired) electrons. The molecule has 0 fully saturated rings. The van der Waals surface area contributed by atoms with Crippen molar-refractivity contribution in [2.24, 2.45) is 12.0 Å². The molecule has 132 valence electrons. The Kier molecular flexibility index (Phi) is 6.84. The van der Waals surface area contributed by atoms with Crippen molar-refractivity contribution < 1.29 is 4.52 Å². The largest absolute Gasteiger partial charge is 0.361 e. The first kappa shape index (κ1) is 18.0. The van der Waals surface area contributed by atoms with Gasteiger partial charge in [0.2, 0.25) is 0 Å². The normalized spacial score (nSPS) is 11.8. The minimum atomic E-state index is 0.679. The van der Waals surface area contributed by atoms with Gasteiger partial charge in [-0.3, -0.25) is 9.67 Å². The molecular weight excluding hydrogens is 304 g/mol. The Balaban J connectivity index is 1.77. The van der Waals surface area contributed by atoms with E-state index in [1.807, 2.05) is 17.9 Å². The molecule has 2 N–H and O–H groups in total. The van der Waals surface area contributed by atoms with E-state index in [9.17, 15) is 0 Å². The molecule has 0 aromatic carbocycles. The Morgan fingerprint density at radius 2 is 2.12 bits per heavy atom. The van der Waals surface area contributed by atoms with Gasteiger partial charge in [-0.15, -0.1) is 0 Å². The minimum Gasteiger partial charge on any atom is -0.361 e. The zero-order valence-corrected chi connectivity index (χ0v) is 15.1. The quantitative estimate of drug-likeness (QED) is 0.438. The SMILES string of the molecule is CCc1noc(CC)c1CNC(=NC)NCCCc1cnn(C)c1. The molecule has 2 heterocycles. The molecule has 7 heteroatoms. The van der Waals surface area contributed by atoms with Gasteiger partial charge in [0.1, 0.15) is 5.76 Å². The Morgan fingerprint density at radius 1 is 1.29 bits per heavy atom. The Morgan fingerprint density at radius 3 is 2.75 bits per heavy atom. The summed E-state index contributed by atoms with van der Waals surface area (Å²) in [4.78, 5) is 4.27. The van der Waals surface area contributed by atoms with Crippen LogP contribution < -0.4 is 10.6 Å². The topological polar surface area (TPSA) is 80.3 Å². The van der Waals surface area contributed by atoms with Crippen LogP contribution in [0.1, 0.15) is 42.8 Å². The molecule has 0 atom stereocenters. The molecular formula is C17H28N6O.